The molecule has 2 rings (SSSR count). The number of aliphatic hydroxyl groups excluding tert-OH is 1. The lowest BCUT2D eigenvalue weighted by Gasteiger charge is -2.20. The molecule has 112 valence electrons. The number of aryl methyl sites for hydroxylation is 1. The smallest absolute Gasteiger partial charge is 0.264 e. The maximum atomic E-state index is 12.5. The van der Waals surface area contributed by atoms with E-state index in [2.05, 4.69) is 9.97 Å². The van der Waals surface area contributed by atoms with Crippen molar-refractivity contribution in [2.75, 3.05) is 13.2 Å². The number of hydrogen-bond donors (Lipinski definition) is 2. The summed E-state index contributed by atoms with van der Waals surface area (Å²) in [5.74, 6) is 0.516. The number of hydrogen-bond acceptors (Lipinski definition) is 5. The van der Waals surface area contributed by atoms with E-state index in [0.717, 1.165) is 11.5 Å². The van der Waals surface area contributed by atoms with Crippen LogP contribution in [0.15, 0.2) is 18.3 Å². The third kappa shape index (κ3) is 3.77. The number of aromatic amines is 1. The van der Waals surface area contributed by atoms with Crippen LogP contribution in [-0.4, -0.2) is 44.8 Å². The summed E-state index contributed by atoms with van der Waals surface area (Å²) in [5, 5.41) is 9.14. The van der Waals surface area contributed by atoms with Gasteiger partial charge in [0, 0.05) is 6.54 Å². The second-order valence-electron chi connectivity index (χ2n) is 4.66. The van der Waals surface area contributed by atoms with E-state index in [9.17, 15) is 9.59 Å². The molecule has 1 amide bonds. The van der Waals surface area contributed by atoms with E-state index in [1.165, 1.54) is 23.2 Å². The first-order chi connectivity index (χ1) is 10.0. The molecule has 2 aromatic rings. The number of Topliss-reactive ketones (excluding diaryl/α,β-unsaturated/α-hetero) is 1. The summed E-state index contributed by atoms with van der Waals surface area (Å²) in [6.45, 7) is 3.75. The standard InChI is InChI=1S/C14H17N3O3S/c1-9(19)12-3-4-13(21-12)14(20)17(5-6-18)8-11-7-15-10(2)16-11/h3-4,7,18H,5-6,8H2,1-2H3,(H,15,16). The molecule has 0 bridgehead atoms. The van der Waals surface area contributed by atoms with E-state index in [1.807, 2.05) is 6.92 Å². The quantitative estimate of drug-likeness (QED) is 0.794. The number of amides is 1. The lowest BCUT2D eigenvalue weighted by Crippen LogP contribution is -2.32. The molecular weight excluding hydrogens is 290 g/mol. The average molecular weight is 307 g/mol. The Morgan fingerprint density at radius 2 is 2.10 bits per heavy atom. The van der Waals surface area contributed by atoms with Crippen molar-refractivity contribution in [3.8, 4) is 0 Å². The first-order valence-electron chi connectivity index (χ1n) is 6.52. The number of nitrogens with one attached hydrogen (secondary N) is 1. The van der Waals surface area contributed by atoms with E-state index < -0.39 is 0 Å². The van der Waals surface area contributed by atoms with Gasteiger partial charge in [0.25, 0.3) is 5.91 Å². The summed E-state index contributed by atoms with van der Waals surface area (Å²) in [6.07, 6.45) is 1.67. The molecule has 0 unspecified atom stereocenters. The Kier molecular flexibility index (Phi) is 4.87. The molecule has 0 spiro atoms. The van der Waals surface area contributed by atoms with Gasteiger partial charge in [0.05, 0.1) is 34.8 Å². The molecule has 0 aromatic carbocycles. The zero-order valence-electron chi connectivity index (χ0n) is 11.9. The Hall–Kier alpha value is -1.99. The number of carbonyl (C=O) groups excluding carboxylic acids is 2. The zero-order valence-corrected chi connectivity index (χ0v) is 12.7. The minimum absolute atomic E-state index is 0.0584. The molecule has 0 aliphatic rings. The summed E-state index contributed by atoms with van der Waals surface area (Å²) in [4.78, 5) is 33.5. The Morgan fingerprint density at radius 1 is 1.38 bits per heavy atom. The van der Waals surface area contributed by atoms with Gasteiger partial charge in [-0.15, -0.1) is 11.3 Å². The Labute approximate surface area is 126 Å². The molecule has 0 fully saturated rings. The SMILES string of the molecule is CC(=O)c1ccc(C(=O)N(CCO)Cc2cnc(C)[nH]2)s1. The molecule has 7 heteroatoms. The molecule has 21 heavy (non-hydrogen) atoms. The highest BCUT2D eigenvalue weighted by molar-refractivity contribution is 7.15. The Bertz CT molecular complexity index is 647. The van der Waals surface area contributed by atoms with E-state index in [-0.39, 0.29) is 24.8 Å². The second-order valence-corrected chi connectivity index (χ2v) is 5.75. The summed E-state index contributed by atoms with van der Waals surface area (Å²) < 4.78 is 0. The fourth-order valence-corrected chi connectivity index (χ4v) is 2.80. The fourth-order valence-electron chi connectivity index (χ4n) is 1.93. The maximum Gasteiger partial charge on any atom is 0.264 e. The van der Waals surface area contributed by atoms with Gasteiger partial charge >= 0.3 is 0 Å². The molecule has 2 aromatic heterocycles. The van der Waals surface area contributed by atoms with Crippen LogP contribution >= 0.6 is 11.3 Å². The lowest BCUT2D eigenvalue weighted by molar-refractivity contribution is 0.0710. The monoisotopic (exact) mass is 307 g/mol. The Balaban J connectivity index is 2.16. The molecule has 0 radical (unpaired) electrons. The van der Waals surface area contributed by atoms with Gasteiger partial charge in [0.1, 0.15) is 5.82 Å². The molecule has 0 saturated carbocycles. The zero-order chi connectivity index (χ0) is 15.4. The summed E-state index contributed by atoms with van der Waals surface area (Å²) >= 11 is 1.17. The third-order valence-electron chi connectivity index (χ3n) is 2.94. The van der Waals surface area contributed by atoms with Crippen molar-refractivity contribution in [1.82, 2.24) is 14.9 Å². The number of ketones is 1. The second kappa shape index (κ2) is 6.64. The Morgan fingerprint density at radius 3 is 2.62 bits per heavy atom. The summed E-state index contributed by atoms with van der Waals surface area (Å²) in [5.41, 5.74) is 0.803. The number of nitrogens with zero attached hydrogens (tertiary/aromatic N) is 2. The van der Waals surface area contributed by atoms with Gasteiger partial charge in [0.2, 0.25) is 0 Å². The summed E-state index contributed by atoms with van der Waals surface area (Å²) in [7, 11) is 0. The average Bonchev–Trinajstić information content (AvgIpc) is 3.06. The number of imidazole rings is 1. The van der Waals surface area contributed by atoms with E-state index in [1.54, 1.807) is 18.3 Å². The molecule has 0 aliphatic heterocycles. The van der Waals surface area contributed by atoms with Gasteiger partial charge in [0.15, 0.2) is 5.78 Å². The molecule has 0 aliphatic carbocycles. The molecular formula is C14H17N3O3S. The first-order valence-corrected chi connectivity index (χ1v) is 7.34. The highest BCUT2D eigenvalue weighted by Crippen LogP contribution is 2.19. The van der Waals surface area contributed by atoms with E-state index in [4.69, 9.17) is 5.11 Å². The largest absolute Gasteiger partial charge is 0.395 e. The van der Waals surface area contributed by atoms with Crippen molar-refractivity contribution in [2.24, 2.45) is 0 Å². The third-order valence-corrected chi connectivity index (χ3v) is 4.11. The minimum atomic E-state index is -0.200. The number of aliphatic hydroxyl groups is 1. The van der Waals surface area contributed by atoms with Crippen molar-refractivity contribution in [2.45, 2.75) is 20.4 Å². The predicted molar refractivity (Wildman–Crippen MR) is 79.5 cm³/mol. The molecule has 6 nitrogen and oxygen atoms in total. The van der Waals surface area contributed by atoms with Gasteiger partial charge < -0.3 is 15.0 Å². The van der Waals surface area contributed by atoms with Crippen molar-refractivity contribution < 1.29 is 14.7 Å². The predicted octanol–water partition coefficient (Wildman–Crippen LogP) is 1.62. The van der Waals surface area contributed by atoms with Gasteiger partial charge in [-0.05, 0) is 26.0 Å². The van der Waals surface area contributed by atoms with Gasteiger partial charge in [-0.2, -0.15) is 0 Å². The highest BCUT2D eigenvalue weighted by Gasteiger charge is 2.19. The normalized spacial score (nSPS) is 10.6. The van der Waals surface area contributed by atoms with Gasteiger partial charge in [-0.3, -0.25) is 9.59 Å². The van der Waals surface area contributed by atoms with E-state index >= 15 is 0 Å². The number of H-pyrrole nitrogens is 1. The number of carbonyl (C=O) groups is 2. The highest BCUT2D eigenvalue weighted by atomic mass is 32.1. The van der Waals surface area contributed by atoms with Crippen molar-refractivity contribution in [3.63, 3.8) is 0 Å². The molecule has 0 atom stereocenters. The maximum absolute atomic E-state index is 12.5. The number of thiophene rings is 1. The van der Waals surface area contributed by atoms with Crippen LogP contribution in [0.4, 0.5) is 0 Å². The molecule has 2 N–H and O–H groups in total. The molecule has 2 heterocycles. The fraction of sp³-hybridized carbons (Fsp3) is 0.357. The number of aromatic nitrogens is 2. The minimum Gasteiger partial charge on any atom is -0.395 e. The van der Waals surface area contributed by atoms with Crippen LogP contribution in [0.5, 0.6) is 0 Å². The molecule has 0 saturated heterocycles. The van der Waals surface area contributed by atoms with Crippen LogP contribution < -0.4 is 0 Å². The van der Waals surface area contributed by atoms with Crippen LogP contribution in [0.3, 0.4) is 0 Å². The van der Waals surface area contributed by atoms with Gasteiger partial charge in [-0.25, -0.2) is 4.98 Å². The number of rotatable bonds is 6. The van der Waals surface area contributed by atoms with Crippen LogP contribution in [0.1, 0.15) is 37.8 Å². The lowest BCUT2D eigenvalue weighted by atomic mass is 10.3. The topological polar surface area (TPSA) is 86.3 Å². The first kappa shape index (κ1) is 15.4. The summed E-state index contributed by atoms with van der Waals surface area (Å²) in [6, 6.07) is 3.30. The van der Waals surface area contributed by atoms with Crippen molar-refractivity contribution in [3.05, 3.63) is 39.6 Å². The van der Waals surface area contributed by atoms with Crippen LogP contribution in [-0.2, 0) is 6.54 Å². The van der Waals surface area contributed by atoms with Crippen molar-refractivity contribution in [1.29, 1.82) is 0 Å². The van der Waals surface area contributed by atoms with Crippen molar-refractivity contribution >= 4 is 23.0 Å². The van der Waals surface area contributed by atoms with E-state index in [0.29, 0.717) is 16.3 Å². The van der Waals surface area contributed by atoms with Gasteiger partial charge in [-0.1, -0.05) is 0 Å². The van der Waals surface area contributed by atoms with Crippen LogP contribution in [0, 0.1) is 6.92 Å². The van der Waals surface area contributed by atoms with Crippen LogP contribution in [0.2, 0.25) is 0 Å². The van der Waals surface area contributed by atoms with Crippen LogP contribution in [0.25, 0.3) is 0 Å².